The van der Waals surface area contributed by atoms with Gasteiger partial charge in [0, 0.05) is 24.0 Å². The Labute approximate surface area is 183 Å². The van der Waals surface area contributed by atoms with Gasteiger partial charge in [0.05, 0.1) is 11.9 Å². The third-order valence-corrected chi connectivity index (χ3v) is 5.83. The smallest absolute Gasteiger partial charge is 0.137 e. The molecule has 5 nitrogen and oxygen atoms in total. The fraction of sp³-hybridized carbons (Fsp3) is 0.269. The van der Waals surface area contributed by atoms with E-state index in [1.54, 1.807) is 0 Å². The van der Waals surface area contributed by atoms with Gasteiger partial charge in [-0.1, -0.05) is 24.3 Å². The molecule has 0 amide bonds. The second-order valence-corrected chi connectivity index (χ2v) is 7.99. The SMILES string of the molecule is CCNc1cccc(-c2cnc3cc(-c4ccc(OC5CCNCC5)cc4)ccn23)c1. The fourth-order valence-electron chi connectivity index (χ4n) is 4.20. The fourth-order valence-corrected chi connectivity index (χ4v) is 4.20. The number of nitrogens with zero attached hydrogens (tertiary/aromatic N) is 2. The van der Waals surface area contributed by atoms with E-state index in [4.69, 9.17) is 4.74 Å². The molecule has 0 spiro atoms. The summed E-state index contributed by atoms with van der Waals surface area (Å²) in [6.45, 7) is 5.08. The minimum absolute atomic E-state index is 0.317. The normalized spacial score (nSPS) is 14.6. The lowest BCUT2D eigenvalue weighted by molar-refractivity contribution is 0.162. The van der Waals surface area contributed by atoms with Crippen LogP contribution in [0.1, 0.15) is 19.8 Å². The maximum Gasteiger partial charge on any atom is 0.137 e. The van der Waals surface area contributed by atoms with Gasteiger partial charge in [-0.2, -0.15) is 0 Å². The molecule has 158 valence electrons. The third kappa shape index (κ3) is 4.28. The molecule has 2 aromatic carbocycles. The van der Waals surface area contributed by atoms with E-state index < -0.39 is 0 Å². The molecule has 0 atom stereocenters. The van der Waals surface area contributed by atoms with Crippen molar-refractivity contribution in [2.75, 3.05) is 25.0 Å². The van der Waals surface area contributed by atoms with Gasteiger partial charge in [-0.3, -0.25) is 4.40 Å². The molecule has 2 N–H and O–H groups in total. The molecule has 2 aromatic heterocycles. The molecule has 0 unspecified atom stereocenters. The van der Waals surface area contributed by atoms with Gasteiger partial charge in [0.15, 0.2) is 0 Å². The van der Waals surface area contributed by atoms with Crippen LogP contribution in [0, 0.1) is 0 Å². The predicted octanol–water partition coefficient (Wildman–Crippen LogP) is 5.23. The minimum Gasteiger partial charge on any atom is -0.490 e. The zero-order valence-electron chi connectivity index (χ0n) is 17.8. The number of hydrogen-bond acceptors (Lipinski definition) is 4. The zero-order valence-corrected chi connectivity index (χ0v) is 17.8. The van der Waals surface area contributed by atoms with Crippen LogP contribution in [0.3, 0.4) is 0 Å². The van der Waals surface area contributed by atoms with Crippen molar-refractivity contribution in [1.29, 1.82) is 0 Å². The Kier molecular flexibility index (Phi) is 5.59. The molecule has 5 rings (SSSR count). The quantitative estimate of drug-likeness (QED) is 0.455. The number of pyridine rings is 1. The highest BCUT2D eigenvalue weighted by Crippen LogP contribution is 2.28. The Balaban J connectivity index is 1.37. The van der Waals surface area contributed by atoms with Gasteiger partial charge < -0.3 is 15.4 Å². The summed E-state index contributed by atoms with van der Waals surface area (Å²) < 4.78 is 8.28. The Bertz CT molecular complexity index is 1160. The summed E-state index contributed by atoms with van der Waals surface area (Å²) in [5.41, 5.74) is 6.62. The van der Waals surface area contributed by atoms with Crippen LogP contribution in [0.5, 0.6) is 5.75 Å². The highest BCUT2D eigenvalue weighted by atomic mass is 16.5. The average Bonchev–Trinajstić information content (AvgIpc) is 3.24. The molecule has 0 bridgehead atoms. The van der Waals surface area contributed by atoms with E-state index in [2.05, 4.69) is 93.8 Å². The zero-order chi connectivity index (χ0) is 21.0. The number of benzene rings is 2. The largest absolute Gasteiger partial charge is 0.490 e. The first-order valence-electron chi connectivity index (χ1n) is 11.1. The Hall–Kier alpha value is -3.31. The Morgan fingerprint density at radius 3 is 2.65 bits per heavy atom. The second-order valence-electron chi connectivity index (χ2n) is 7.99. The average molecular weight is 413 g/mol. The lowest BCUT2D eigenvalue weighted by Crippen LogP contribution is -2.34. The van der Waals surface area contributed by atoms with Crippen molar-refractivity contribution < 1.29 is 4.74 Å². The van der Waals surface area contributed by atoms with Crippen molar-refractivity contribution in [3.8, 4) is 28.1 Å². The van der Waals surface area contributed by atoms with Gasteiger partial charge in [-0.25, -0.2) is 4.98 Å². The van der Waals surface area contributed by atoms with Crippen molar-refractivity contribution in [2.24, 2.45) is 0 Å². The summed E-state index contributed by atoms with van der Waals surface area (Å²) in [5, 5.41) is 6.75. The highest BCUT2D eigenvalue weighted by Gasteiger charge is 2.14. The van der Waals surface area contributed by atoms with E-state index in [0.29, 0.717) is 6.10 Å². The molecule has 1 fully saturated rings. The summed E-state index contributed by atoms with van der Waals surface area (Å²) in [7, 11) is 0. The third-order valence-electron chi connectivity index (χ3n) is 5.83. The van der Waals surface area contributed by atoms with Gasteiger partial charge in [-0.05, 0) is 80.4 Å². The molecule has 4 aromatic rings. The maximum atomic E-state index is 6.13. The lowest BCUT2D eigenvalue weighted by Gasteiger charge is -2.23. The van der Waals surface area contributed by atoms with E-state index >= 15 is 0 Å². The standard InChI is InChI=1S/C26H28N4O/c1-2-28-22-5-3-4-21(16-22)25-18-29-26-17-20(12-15-30(25)26)19-6-8-23(9-7-19)31-24-10-13-27-14-11-24/h3-9,12,15-18,24,27-28H,2,10-11,13-14H2,1H3. The van der Waals surface area contributed by atoms with Crippen molar-refractivity contribution >= 4 is 11.3 Å². The van der Waals surface area contributed by atoms with E-state index in [9.17, 15) is 0 Å². The van der Waals surface area contributed by atoms with Crippen LogP contribution >= 0.6 is 0 Å². The van der Waals surface area contributed by atoms with Gasteiger partial charge in [-0.15, -0.1) is 0 Å². The molecule has 1 saturated heterocycles. The molecule has 0 aliphatic carbocycles. The summed E-state index contributed by atoms with van der Waals surface area (Å²) in [6.07, 6.45) is 6.50. The summed E-state index contributed by atoms with van der Waals surface area (Å²) in [5.74, 6) is 0.945. The molecule has 1 aliphatic heterocycles. The Morgan fingerprint density at radius 2 is 1.84 bits per heavy atom. The summed E-state index contributed by atoms with van der Waals surface area (Å²) >= 11 is 0. The van der Waals surface area contributed by atoms with Gasteiger partial charge in [0.25, 0.3) is 0 Å². The summed E-state index contributed by atoms with van der Waals surface area (Å²) in [6, 6.07) is 21.2. The van der Waals surface area contributed by atoms with Gasteiger partial charge in [0.1, 0.15) is 17.5 Å². The van der Waals surface area contributed by atoms with Crippen LogP contribution in [-0.2, 0) is 0 Å². The summed E-state index contributed by atoms with van der Waals surface area (Å²) in [4.78, 5) is 4.66. The van der Waals surface area contributed by atoms with E-state index in [-0.39, 0.29) is 0 Å². The molecular weight excluding hydrogens is 384 g/mol. The van der Waals surface area contributed by atoms with Crippen LogP contribution in [-0.4, -0.2) is 35.1 Å². The highest BCUT2D eigenvalue weighted by molar-refractivity contribution is 5.72. The molecule has 3 heterocycles. The minimum atomic E-state index is 0.317. The number of piperidine rings is 1. The number of fused-ring (bicyclic) bond motifs is 1. The van der Waals surface area contributed by atoms with Crippen LogP contribution in [0.4, 0.5) is 5.69 Å². The molecule has 5 heteroatoms. The maximum absolute atomic E-state index is 6.13. The number of aromatic nitrogens is 2. The lowest BCUT2D eigenvalue weighted by atomic mass is 10.1. The van der Waals surface area contributed by atoms with Crippen LogP contribution in [0.2, 0.25) is 0 Å². The van der Waals surface area contributed by atoms with Crippen LogP contribution in [0.25, 0.3) is 28.0 Å². The topological polar surface area (TPSA) is 50.6 Å². The van der Waals surface area contributed by atoms with Crippen molar-refractivity contribution in [3.05, 3.63) is 73.1 Å². The molecule has 31 heavy (non-hydrogen) atoms. The van der Waals surface area contributed by atoms with Gasteiger partial charge in [0.2, 0.25) is 0 Å². The van der Waals surface area contributed by atoms with Crippen molar-refractivity contribution in [3.63, 3.8) is 0 Å². The van der Waals surface area contributed by atoms with E-state index in [1.807, 2.05) is 6.20 Å². The number of rotatable bonds is 6. The van der Waals surface area contributed by atoms with E-state index in [0.717, 1.165) is 66.4 Å². The first-order chi connectivity index (χ1) is 15.3. The van der Waals surface area contributed by atoms with Gasteiger partial charge >= 0.3 is 0 Å². The molecule has 1 aliphatic rings. The first-order valence-corrected chi connectivity index (χ1v) is 11.1. The predicted molar refractivity (Wildman–Crippen MR) is 127 cm³/mol. The van der Waals surface area contributed by atoms with Crippen LogP contribution in [0.15, 0.2) is 73.1 Å². The number of nitrogens with one attached hydrogen (secondary N) is 2. The van der Waals surface area contributed by atoms with Crippen molar-refractivity contribution in [2.45, 2.75) is 25.9 Å². The molecule has 0 radical (unpaired) electrons. The number of imidazole rings is 1. The number of ether oxygens (including phenoxy) is 1. The number of hydrogen-bond donors (Lipinski definition) is 2. The van der Waals surface area contributed by atoms with Crippen LogP contribution < -0.4 is 15.4 Å². The number of anilines is 1. The second kappa shape index (κ2) is 8.82. The molecule has 0 saturated carbocycles. The Morgan fingerprint density at radius 1 is 1.00 bits per heavy atom. The first kappa shape index (κ1) is 19.6. The van der Waals surface area contributed by atoms with Crippen molar-refractivity contribution in [1.82, 2.24) is 14.7 Å². The monoisotopic (exact) mass is 412 g/mol. The molecular formula is C26H28N4O. The van der Waals surface area contributed by atoms with E-state index in [1.165, 1.54) is 5.56 Å².